The van der Waals surface area contributed by atoms with Crippen molar-refractivity contribution in [2.24, 2.45) is 5.10 Å². The molecular formula is C34H35N7O3. The summed E-state index contributed by atoms with van der Waals surface area (Å²) in [6.45, 7) is 2.10. The van der Waals surface area contributed by atoms with E-state index in [1.165, 1.54) is 0 Å². The number of hydrazone groups is 1. The first-order valence-electron chi connectivity index (χ1n) is 14.2. The number of aromatic nitrogens is 3. The Hall–Kier alpha value is -5.48. The van der Waals surface area contributed by atoms with Crippen molar-refractivity contribution >= 4 is 29.0 Å². The monoisotopic (exact) mass is 589 g/mol. The molecule has 3 aromatic carbocycles. The van der Waals surface area contributed by atoms with Gasteiger partial charge in [0.2, 0.25) is 5.95 Å². The van der Waals surface area contributed by atoms with Crippen LogP contribution in [0.3, 0.4) is 0 Å². The molecule has 0 aliphatic carbocycles. The van der Waals surface area contributed by atoms with Crippen molar-refractivity contribution in [1.29, 1.82) is 0 Å². The van der Waals surface area contributed by atoms with E-state index in [0.29, 0.717) is 41.1 Å². The Bertz CT molecular complexity index is 1680. The minimum atomic E-state index is -0.858. The number of nitrogens with zero attached hydrogens (tertiary/aromatic N) is 4. The average Bonchev–Trinajstić information content (AvgIpc) is 3.08. The number of methoxy groups -OCH3 is 2. The third-order valence-electron chi connectivity index (χ3n) is 6.94. The number of benzene rings is 3. The maximum Gasteiger partial charge on any atom is 0.231 e. The smallest absolute Gasteiger partial charge is 0.231 e. The van der Waals surface area contributed by atoms with Crippen molar-refractivity contribution in [2.75, 3.05) is 36.8 Å². The van der Waals surface area contributed by atoms with E-state index >= 15 is 0 Å². The number of rotatable bonds is 13. The van der Waals surface area contributed by atoms with Crippen LogP contribution in [0.25, 0.3) is 0 Å². The molecule has 5 rings (SSSR count). The van der Waals surface area contributed by atoms with Crippen LogP contribution in [0.2, 0.25) is 0 Å². The molecule has 0 saturated heterocycles. The molecule has 0 spiro atoms. The fourth-order valence-corrected chi connectivity index (χ4v) is 4.56. The van der Waals surface area contributed by atoms with Crippen LogP contribution in [0, 0.1) is 0 Å². The molecule has 0 radical (unpaired) electrons. The van der Waals surface area contributed by atoms with E-state index < -0.39 is 6.10 Å². The summed E-state index contributed by atoms with van der Waals surface area (Å²) in [5, 5.41) is 22.5. The Labute approximate surface area is 256 Å². The van der Waals surface area contributed by atoms with Gasteiger partial charge < -0.3 is 25.2 Å². The summed E-state index contributed by atoms with van der Waals surface area (Å²) in [6.07, 6.45) is 3.12. The topological polar surface area (TPSA) is 126 Å². The molecule has 0 bridgehead atoms. The molecule has 5 aromatic rings. The highest BCUT2D eigenvalue weighted by molar-refractivity contribution is 5.98. The van der Waals surface area contributed by atoms with E-state index in [0.717, 1.165) is 28.1 Å². The van der Waals surface area contributed by atoms with Crippen LogP contribution < -0.4 is 25.5 Å². The van der Waals surface area contributed by atoms with Gasteiger partial charge in [0.25, 0.3) is 0 Å². The summed E-state index contributed by atoms with van der Waals surface area (Å²) >= 11 is 0. The lowest BCUT2D eigenvalue weighted by atomic mass is 10.1. The van der Waals surface area contributed by atoms with E-state index in [1.807, 2.05) is 85.8 Å². The quantitative estimate of drug-likeness (QED) is 0.0937. The number of para-hydroxylation sites is 1. The highest BCUT2D eigenvalue weighted by Gasteiger charge is 2.18. The SMILES string of the molecule is COc1ccc(C(O)CNc2nc(Nc3ccccc3)nc(NN=C(C)c3ccncc3)c2Cc2ccccc2)cc1OC. The van der Waals surface area contributed by atoms with Gasteiger partial charge in [0.05, 0.1) is 26.0 Å². The molecule has 1 atom stereocenters. The van der Waals surface area contributed by atoms with Crippen LogP contribution in [0.5, 0.6) is 11.5 Å². The Morgan fingerprint density at radius 3 is 2.23 bits per heavy atom. The van der Waals surface area contributed by atoms with Crippen molar-refractivity contribution in [1.82, 2.24) is 15.0 Å². The highest BCUT2D eigenvalue weighted by Crippen LogP contribution is 2.31. The molecule has 10 heteroatoms. The van der Waals surface area contributed by atoms with Crippen LogP contribution >= 0.6 is 0 Å². The molecule has 0 aliphatic heterocycles. The zero-order valence-corrected chi connectivity index (χ0v) is 24.9. The van der Waals surface area contributed by atoms with Crippen LogP contribution in [0.15, 0.2) is 108 Å². The number of anilines is 4. The molecule has 2 heterocycles. The van der Waals surface area contributed by atoms with Crippen LogP contribution in [-0.2, 0) is 6.42 Å². The van der Waals surface area contributed by atoms with Crippen LogP contribution in [-0.4, -0.2) is 46.5 Å². The molecule has 0 fully saturated rings. The number of ether oxygens (including phenoxy) is 2. The fourth-order valence-electron chi connectivity index (χ4n) is 4.56. The zero-order chi connectivity index (χ0) is 30.7. The van der Waals surface area contributed by atoms with Crippen molar-refractivity contribution in [3.05, 3.63) is 126 Å². The minimum Gasteiger partial charge on any atom is -0.493 e. The molecule has 10 nitrogen and oxygen atoms in total. The minimum absolute atomic E-state index is 0.178. The third-order valence-corrected chi connectivity index (χ3v) is 6.94. The number of hydrogen-bond donors (Lipinski definition) is 4. The average molecular weight is 590 g/mol. The summed E-state index contributed by atoms with van der Waals surface area (Å²) in [6, 6.07) is 28.9. The number of nitrogens with one attached hydrogen (secondary N) is 3. The summed E-state index contributed by atoms with van der Waals surface area (Å²) in [5.74, 6) is 2.58. The zero-order valence-electron chi connectivity index (χ0n) is 24.9. The van der Waals surface area contributed by atoms with Gasteiger partial charge >= 0.3 is 0 Å². The molecule has 4 N–H and O–H groups in total. The second kappa shape index (κ2) is 14.6. The van der Waals surface area contributed by atoms with Crippen molar-refractivity contribution in [3.8, 4) is 11.5 Å². The van der Waals surface area contributed by atoms with Gasteiger partial charge in [-0.15, -0.1) is 0 Å². The molecule has 0 saturated carbocycles. The first-order valence-corrected chi connectivity index (χ1v) is 14.2. The fraction of sp³-hybridized carbons (Fsp3) is 0.176. The standard InChI is InChI=1S/C34H35N7O3/c1-23(25-16-18-35-19-17-25)40-41-33-28(20-24-10-6-4-7-11-24)32(38-34(39-33)37-27-12-8-5-9-13-27)36-22-29(42)26-14-15-30(43-2)31(21-26)44-3/h4-19,21,29,42H,20,22H2,1-3H3,(H3,36,37,38,39,41). The van der Waals surface area contributed by atoms with E-state index in [-0.39, 0.29) is 6.54 Å². The number of hydrogen-bond acceptors (Lipinski definition) is 10. The first kappa shape index (κ1) is 30.0. The van der Waals surface area contributed by atoms with Gasteiger partial charge in [0, 0.05) is 42.2 Å². The normalized spacial score (nSPS) is 11.9. The Kier molecular flexibility index (Phi) is 9.96. The molecule has 224 valence electrons. The maximum atomic E-state index is 11.2. The summed E-state index contributed by atoms with van der Waals surface area (Å²) < 4.78 is 10.8. The van der Waals surface area contributed by atoms with Crippen LogP contribution in [0.1, 0.15) is 35.3 Å². The predicted molar refractivity (Wildman–Crippen MR) is 174 cm³/mol. The van der Waals surface area contributed by atoms with Crippen molar-refractivity contribution in [3.63, 3.8) is 0 Å². The maximum absolute atomic E-state index is 11.2. The van der Waals surface area contributed by atoms with Crippen LogP contribution in [0.4, 0.5) is 23.3 Å². The van der Waals surface area contributed by atoms with Gasteiger partial charge in [-0.1, -0.05) is 54.6 Å². The molecule has 1 unspecified atom stereocenters. The van der Waals surface area contributed by atoms with Gasteiger partial charge in [-0.2, -0.15) is 15.1 Å². The van der Waals surface area contributed by atoms with Crippen molar-refractivity contribution < 1.29 is 14.6 Å². The second-order valence-corrected chi connectivity index (χ2v) is 9.93. The Morgan fingerprint density at radius 1 is 0.841 bits per heavy atom. The number of aliphatic hydroxyl groups excluding tert-OH is 1. The second-order valence-electron chi connectivity index (χ2n) is 9.93. The molecule has 2 aromatic heterocycles. The lowest BCUT2D eigenvalue weighted by molar-refractivity contribution is 0.191. The van der Waals surface area contributed by atoms with Gasteiger partial charge in [0.1, 0.15) is 5.82 Å². The summed E-state index contributed by atoms with van der Waals surface area (Å²) in [5.41, 5.74) is 8.27. The number of pyridine rings is 1. The molecule has 44 heavy (non-hydrogen) atoms. The molecule has 0 amide bonds. The van der Waals surface area contributed by atoms with Gasteiger partial charge in [0.15, 0.2) is 17.3 Å². The number of aliphatic hydroxyl groups is 1. The largest absolute Gasteiger partial charge is 0.493 e. The highest BCUT2D eigenvalue weighted by atomic mass is 16.5. The van der Waals surface area contributed by atoms with E-state index in [2.05, 4.69) is 26.1 Å². The Morgan fingerprint density at radius 2 is 1.52 bits per heavy atom. The predicted octanol–water partition coefficient (Wildman–Crippen LogP) is 6.20. The van der Waals surface area contributed by atoms with Gasteiger partial charge in [-0.05, 0) is 54.4 Å². The van der Waals surface area contributed by atoms with Crippen molar-refractivity contribution in [2.45, 2.75) is 19.4 Å². The lowest BCUT2D eigenvalue weighted by Gasteiger charge is -2.19. The van der Waals surface area contributed by atoms with Gasteiger partial charge in [-0.3, -0.25) is 10.4 Å². The van der Waals surface area contributed by atoms with E-state index in [1.54, 1.807) is 38.7 Å². The van der Waals surface area contributed by atoms with E-state index in [4.69, 9.17) is 19.4 Å². The lowest BCUT2D eigenvalue weighted by Crippen LogP contribution is -2.17. The third kappa shape index (κ3) is 7.67. The van der Waals surface area contributed by atoms with E-state index in [9.17, 15) is 5.11 Å². The summed E-state index contributed by atoms with van der Waals surface area (Å²) in [7, 11) is 3.14. The summed E-state index contributed by atoms with van der Waals surface area (Å²) in [4.78, 5) is 13.8. The van der Waals surface area contributed by atoms with Gasteiger partial charge in [-0.25, -0.2) is 0 Å². The molecular weight excluding hydrogens is 554 g/mol. The Balaban J connectivity index is 1.52. The first-order chi connectivity index (χ1) is 21.5. The molecule has 0 aliphatic rings.